The minimum Gasteiger partial charge on any atom is -0.474 e. The number of carbonyl (C=O) groups excluding carboxylic acids is 1. The summed E-state index contributed by atoms with van der Waals surface area (Å²) in [5.41, 5.74) is 4.50. The number of amides is 1. The lowest BCUT2D eigenvalue weighted by Crippen LogP contribution is -2.50. The van der Waals surface area contributed by atoms with Gasteiger partial charge < -0.3 is 20.5 Å². The lowest BCUT2D eigenvalue weighted by molar-refractivity contribution is 0.0961. The molecule has 0 fully saturated rings. The minimum absolute atomic E-state index is 0.0118. The third-order valence-corrected chi connectivity index (χ3v) is 7.30. The number of ether oxygens (including phenoxy) is 2. The Balaban J connectivity index is 1.68. The number of guanidine groups is 1. The number of aliphatic imine (C=N–C) groups is 1. The Bertz CT molecular complexity index is 1190. The van der Waals surface area contributed by atoms with Crippen LogP contribution >= 0.6 is 0 Å². The molecule has 2 aromatic rings. The number of benzene rings is 1. The number of nitrogens with zero attached hydrogens (tertiary/aromatic N) is 4. The quantitative estimate of drug-likeness (QED) is 0.462. The van der Waals surface area contributed by atoms with E-state index >= 15 is 0 Å². The van der Waals surface area contributed by atoms with Crippen molar-refractivity contribution in [3.8, 4) is 5.88 Å². The van der Waals surface area contributed by atoms with E-state index in [0.29, 0.717) is 19.8 Å². The molecule has 1 aromatic carbocycles. The first-order valence-corrected chi connectivity index (χ1v) is 12.6. The monoisotopic (exact) mass is 508 g/mol. The second kappa shape index (κ2) is 11.0. The predicted octanol–water partition coefficient (Wildman–Crippen LogP) is 1.87. The molecule has 0 saturated carbocycles. The molecule has 0 unspecified atom stereocenters. The van der Waals surface area contributed by atoms with Crippen molar-refractivity contribution in [3.63, 3.8) is 0 Å². The van der Waals surface area contributed by atoms with Gasteiger partial charge in [-0.05, 0) is 31.5 Å². The van der Waals surface area contributed by atoms with Crippen LogP contribution in [0.15, 0.2) is 35.6 Å². The van der Waals surface area contributed by atoms with E-state index in [-0.39, 0.29) is 28.8 Å². The molecule has 11 nitrogen and oxygen atoms in total. The number of anilines is 1. The van der Waals surface area contributed by atoms with Crippen LogP contribution in [0, 0.1) is 5.82 Å². The van der Waals surface area contributed by atoms with Crippen molar-refractivity contribution in [2.45, 2.75) is 32.2 Å². The molecule has 3 N–H and O–H groups in total. The molecule has 0 radical (unpaired) electrons. The van der Waals surface area contributed by atoms with Crippen molar-refractivity contribution < 1.29 is 27.1 Å². The molecule has 1 aliphatic heterocycles. The Kier molecular flexibility index (Phi) is 8.22. The summed E-state index contributed by atoms with van der Waals surface area (Å²) in [7, 11) is -2.52. The number of carbonyl (C=O) groups is 1. The third kappa shape index (κ3) is 6.42. The predicted molar refractivity (Wildman–Crippen MR) is 128 cm³/mol. The molecule has 190 valence electrons. The van der Waals surface area contributed by atoms with Crippen molar-refractivity contribution in [1.82, 2.24) is 14.3 Å². The number of hydrogen-bond donors (Lipinski definition) is 2. The molecule has 1 aromatic heterocycles. The zero-order valence-corrected chi connectivity index (χ0v) is 20.6. The molecule has 1 aliphatic rings. The van der Waals surface area contributed by atoms with E-state index in [1.807, 2.05) is 0 Å². The zero-order chi connectivity index (χ0) is 25.6. The molecule has 0 saturated heterocycles. The van der Waals surface area contributed by atoms with E-state index in [9.17, 15) is 17.6 Å². The molecule has 13 heteroatoms. The summed E-state index contributed by atoms with van der Waals surface area (Å²) in [6.07, 6.45) is 4.61. The van der Waals surface area contributed by atoms with E-state index < -0.39 is 33.0 Å². The minimum atomic E-state index is -3.79. The molecule has 3 rings (SSSR count). The van der Waals surface area contributed by atoms with Crippen molar-refractivity contribution in [2.75, 3.05) is 37.9 Å². The second-order valence-corrected chi connectivity index (χ2v) is 10.2. The fourth-order valence-corrected chi connectivity index (χ4v) is 4.81. The van der Waals surface area contributed by atoms with Gasteiger partial charge in [-0.25, -0.2) is 32.1 Å². The topological polar surface area (TPSA) is 149 Å². The summed E-state index contributed by atoms with van der Waals surface area (Å²) in [5.74, 6) is -1.76. The number of hydrogen-bond acceptors (Lipinski definition) is 9. The summed E-state index contributed by atoms with van der Waals surface area (Å²) >= 11 is 0. The number of sulfonamides is 1. The van der Waals surface area contributed by atoms with Gasteiger partial charge in [-0.1, -0.05) is 13.3 Å². The van der Waals surface area contributed by atoms with Gasteiger partial charge in [-0.3, -0.25) is 4.79 Å². The average Bonchev–Trinajstić information content (AvgIpc) is 2.81. The van der Waals surface area contributed by atoms with E-state index in [2.05, 4.69) is 27.2 Å². The van der Waals surface area contributed by atoms with Gasteiger partial charge in [0.2, 0.25) is 21.9 Å². The van der Waals surface area contributed by atoms with Crippen molar-refractivity contribution in [2.24, 2.45) is 10.7 Å². The summed E-state index contributed by atoms with van der Waals surface area (Å²) < 4.78 is 51.2. The van der Waals surface area contributed by atoms with Gasteiger partial charge in [0.25, 0.3) is 5.91 Å². The maximum Gasteiger partial charge on any atom is 0.275 e. The number of halogens is 1. The summed E-state index contributed by atoms with van der Waals surface area (Å²) in [4.78, 5) is 24.9. The highest BCUT2D eigenvalue weighted by atomic mass is 32.2. The van der Waals surface area contributed by atoms with Gasteiger partial charge in [0, 0.05) is 24.9 Å². The molecule has 0 aliphatic carbocycles. The van der Waals surface area contributed by atoms with Gasteiger partial charge >= 0.3 is 0 Å². The molecule has 1 amide bonds. The summed E-state index contributed by atoms with van der Waals surface area (Å²) in [5, 5.41) is 2.61. The van der Waals surface area contributed by atoms with Gasteiger partial charge in [-0.2, -0.15) is 0 Å². The standard InChI is InChI=1S/C22H29FN6O5S/c1-4-5-8-33-9-10-34-19-13-25-18(12-26-19)20(30)27-15-6-7-17(23)16(11-15)22(2)14-35(31,32)29(3)21(24)28-22/h6-7,11-13H,4-5,8-10,14H2,1-3H3,(H2,24,28)(H,27,30)/t22-/m0/s1. The van der Waals surface area contributed by atoms with Crippen LogP contribution in [-0.4, -0.2) is 67.2 Å². The van der Waals surface area contributed by atoms with Crippen LogP contribution in [0.4, 0.5) is 10.1 Å². The number of rotatable bonds is 10. The lowest BCUT2D eigenvalue weighted by atomic mass is 9.93. The molecule has 0 bridgehead atoms. The zero-order valence-electron chi connectivity index (χ0n) is 19.8. The number of nitrogens with two attached hydrogens (primary N) is 1. The van der Waals surface area contributed by atoms with Crippen molar-refractivity contribution in [1.29, 1.82) is 0 Å². The molecular formula is C22H29FN6O5S. The first-order valence-electron chi connectivity index (χ1n) is 11.0. The van der Waals surface area contributed by atoms with E-state index in [0.717, 1.165) is 23.2 Å². The number of aromatic nitrogens is 2. The van der Waals surface area contributed by atoms with Crippen LogP contribution in [0.3, 0.4) is 0 Å². The van der Waals surface area contributed by atoms with Crippen LogP contribution in [0.1, 0.15) is 42.7 Å². The Morgan fingerprint density at radius 2 is 2.03 bits per heavy atom. The van der Waals surface area contributed by atoms with Crippen LogP contribution < -0.4 is 15.8 Å². The van der Waals surface area contributed by atoms with Crippen LogP contribution in [0.2, 0.25) is 0 Å². The average molecular weight is 509 g/mol. The molecule has 35 heavy (non-hydrogen) atoms. The fourth-order valence-electron chi connectivity index (χ4n) is 3.36. The third-order valence-electron chi connectivity index (χ3n) is 5.35. The highest BCUT2D eigenvalue weighted by molar-refractivity contribution is 7.89. The number of unbranched alkanes of at least 4 members (excludes halogenated alkanes) is 1. The lowest BCUT2D eigenvalue weighted by Gasteiger charge is -2.34. The Hall–Kier alpha value is -3.32. The van der Waals surface area contributed by atoms with Crippen molar-refractivity contribution >= 4 is 27.6 Å². The molecule has 2 heterocycles. The highest BCUT2D eigenvalue weighted by Gasteiger charge is 2.41. The maximum atomic E-state index is 14.7. The normalized spacial score (nSPS) is 19.2. The van der Waals surface area contributed by atoms with Crippen LogP contribution in [0.5, 0.6) is 5.88 Å². The summed E-state index contributed by atoms with van der Waals surface area (Å²) in [6.45, 7) is 4.94. The smallest absolute Gasteiger partial charge is 0.275 e. The maximum absolute atomic E-state index is 14.7. The van der Waals surface area contributed by atoms with Crippen LogP contribution in [0.25, 0.3) is 0 Å². The second-order valence-electron chi connectivity index (χ2n) is 8.17. The van der Waals surface area contributed by atoms with E-state index in [4.69, 9.17) is 15.2 Å². The van der Waals surface area contributed by atoms with E-state index in [1.165, 1.54) is 38.5 Å². The first kappa shape index (κ1) is 26.3. The molecular weight excluding hydrogens is 479 g/mol. The van der Waals surface area contributed by atoms with E-state index in [1.54, 1.807) is 0 Å². The van der Waals surface area contributed by atoms with Crippen molar-refractivity contribution in [3.05, 3.63) is 47.7 Å². The highest BCUT2D eigenvalue weighted by Crippen LogP contribution is 2.34. The summed E-state index contributed by atoms with van der Waals surface area (Å²) in [6, 6.07) is 3.80. The molecule has 1 atom stereocenters. The largest absolute Gasteiger partial charge is 0.474 e. The SMILES string of the molecule is CCCCOCCOc1cnc(C(=O)Nc2ccc(F)c([C@]3(C)CS(=O)(=O)N(C)C(N)=N3)c2)cn1. The Labute approximate surface area is 203 Å². The van der Waals surface area contributed by atoms with Gasteiger partial charge in [0.15, 0.2) is 0 Å². The van der Waals surface area contributed by atoms with Crippen LogP contribution in [-0.2, 0) is 20.3 Å². The van der Waals surface area contributed by atoms with Gasteiger partial charge in [0.05, 0.1) is 24.8 Å². The Morgan fingerprint density at radius 3 is 2.69 bits per heavy atom. The Morgan fingerprint density at radius 1 is 1.26 bits per heavy atom. The van der Waals surface area contributed by atoms with Gasteiger partial charge in [-0.15, -0.1) is 0 Å². The number of nitrogens with one attached hydrogen (secondary N) is 1. The first-order chi connectivity index (χ1) is 16.6. The molecule has 0 spiro atoms. The van der Waals surface area contributed by atoms with Gasteiger partial charge in [0.1, 0.15) is 23.7 Å². The fraction of sp³-hybridized carbons (Fsp3) is 0.455.